The lowest BCUT2D eigenvalue weighted by Crippen LogP contribution is -2.47. The lowest BCUT2D eigenvalue weighted by molar-refractivity contribution is -0.148. The number of carbonyl (C=O) groups excluding carboxylic acids is 3. The summed E-state index contributed by atoms with van der Waals surface area (Å²) in [4.78, 5) is 38.9. The predicted molar refractivity (Wildman–Crippen MR) is 94.9 cm³/mol. The van der Waals surface area contributed by atoms with Gasteiger partial charge < -0.3 is 9.26 Å². The lowest BCUT2D eigenvalue weighted by Gasteiger charge is -2.23. The van der Waals surface area contributed by atoms with E-state index in [1.165, 1.54) is 11.8 Å². The van der Waals surface area contributed by atoms with Crippen molar-refractivity contribution in [3.8, 4) is 0 Å². The Kier molecular flexibility index (Phi) is 5.13. The zero-order valence-corrected chi connectivity index (χ0v) is 15.5. The van der Waals surface area contributed by atoms with Crippen molar-refractivity contribution < 1.29 is 23.6 Å². The molecular weight excluding hydrogens is 356 g/mol. The monoisotopic (exact) mass is 374 g/mol. The Labute approximate surface area is 154 Å². The van der Waals surface area contributed by atoms with Crippen LogP contribution in [-0.2, 0) is 16.1 Å². The van der Waals surface area contributed by atoms with Crippen LogP contribution in [0.3, 0.4) is 0 Å². The molecule has 2 amide bonds. The molecule has 8 heteroatoms. The number of hydrogen-bond acceptors (Lipinski definition) is 7. The number of aromatic nitrogens is 1. The summed E-state index contributed by atoms with van der Waals surface area (Å²) in [6, 6.07) is 5.56. The van der Waals surface area contributed by atoms with Gasteiger partial charge in [-0.25, -0.2) is 4.79 Å². The normalized spacial score (nSPS) is 14.5. The fourth-order valence-electron chi connectivity index (χ4n) is 2.84. The first kappa shape index (κ1) is 18.2. The number of imide groups is 1. The number of fused-ring (bicyclic) bond motifs is 1. The van der Waals surface area contributed by atoms with Gasteiger partial charge in [-0.1, -0.05) is 17.3 Å². The van der Waals surface area contributed by atoms with E-state index in [9.17, 15) is 14.4 Å². The third-order valence-electron chi connectivity index (χ3n) is 4.27. The molecule has 0 unspecified atom stereocenters. The Morgan fingerprint density at radius 3 is 2.35 bits per heavy atom. The van der Waals surface area contributed by atoms with Crippen molar-refractivity contribution in [3.63, 3.8) is 0 Å². The number of aryl methyl sites for hydroxylation is 2. The topological polar surface area (TPSA) is 89.7 Å². The van der Waals surface area contributed by atoms with Gasteiger partial charge in [-0.3, -0.25) is 14.5 Å². The van der Waals surface area contributed by atoms with Crippen LogP contribution in [0.15, 0.2) is 28.8 Å². The van der Waals surface area contributed by atoms with Gasteiger partial charge in [-0.2, -0.15) is 11.8 Å². The van der Waals surface area contributed by atoms with Gasteiger partial charge in [0.2, 0.25) is 0 Å². The highest BCUT2D eigenvalue weighted by molar-refractivity contribution is 7.98. The highest BCUT2D eigenvalue weighted by Gasteiger charge is 2.43. The Hall–Kier alpha value is -2.61. The van der Waals surface area contributed by atoms with Crippen molar-refractivity contribution in [1.29, 1.82) is 0 Å². The summed E-state index contributed by atoms with van der Waals surface area (Å²) in [5.74, 6) is -0.754. The predicted octanol–water partition coefficient (Wildman–Crippen LogP) is 2.36. The molecule has 0 bridgehead atoms. The van der Waals surface area contributed by atoms with Crippen LogP contribution in [0.2, 0.25) is 0 Å². The molecule has 1 atom stereocenters. The number of carbonyl (C=O) groups is 3. The molecule has 1 aromatic carbocycles. The van der Waals surface area contributed by atoms with E-state index in [1.54, 1.807) is 44.4 Å². The summed E-state index contributed by atoms with van der Waals surface area (Å²) in [7, 11) is 0. The number of nitrogens with zero attached hydrogens (tertiary/aromatic N) is 2. The molecule has 26 heavy (non-hydrogen) atoms. The van der Waals surface area contributed by atoms with Crippen molar-refractivity contribution in [2.45, 2.75) is 26.5 Å². The summed E-state index contributed by atoms with van der Waals surface area (Å²) in [6.45, 7) is 3.46. The van der Waals surface area contributed by atoms with Gasteiger partial charge in [0.15, 0.2) is 0 Å². The molecule has 1 aromatic heterocycles. The standard InChI is InChI=1S/C18H18N2O5S/c1-10-14(11(2)25-19-10)8-24-18(23)15(9-26-3)20-16(21)12-6-4-5-7-13(12)17(20)22/h4-7,15H,8-9H2,1-3H3/t15-/m0/s1. The third kappa shape index (κ3) is 3.12. The fourth-order valence-corrected chi connectivity index (χ4v) is 3.45. The maximum absolute atomic E-state index is 12.6. The average Bonchev–Trinajstić information content (AvgIpc) is 3.08. The molecule has 0 spiro atoms. The van der Waals surface area contributed by atoms with Gasteiger partial charge in [-0.15, -0.1) is 0 Å². The van der Waals surface area contributed by atoms with Crippen LogP contribution in [0.4, 0.5) is 0 Å². The minimum Gasteiger partial charge on any atom is -0.459 e. The van der Waals surface area contributed by atoms with E-state index in [2.05, 4.69) is 5.16 Å². The molecule has 1 aliphatic rings. The minimum absolute atomic E-state index is 0.0198. The second kappa shape index (κ2) is 7.33. The lowest BCUT2D eigenvalue weighted by atomic mass is 10.1. The Balaban J connectivity index is 1.80. The van der Waals surface area contributed by atoms with E-state index in [0.717, 1.165) is 4.90 Å². The minimum atomic E-state index is -0.988. The summed E-state index contributed by atoms with van der Waals surface area (Å²) in [6.07, 6.45) is 1.80. The van der Waals surface area contributed by atoms with Gasteiger partial charge in [0.25, 0.3) is 11.8 Å². The number of esters is 1. The van der Waals surface area contributed by atoms with Crippen molar-refractivity contribution in [1.82, 2.24) is 10.1 Å². The maximum Gasteiger partial charge on any atom is 0.330 e. The van der Waals surface area contributed by atoms with Crippen LogP contribution in [0, 0.1) is 13.8 Å². The highest BCUT2D eigenvalue weighted by Crippen LogP contribution is 2.26. The number of thioether (sulfide) groups is 1. The summed E-state index contributed by atoms with van der Waals surface area (Å²) < 4.78 is 10.4. The molecule has 0 saturated heterocycles. The molecule has 0 fully saturated rings. The van der Waals surface area contributed by atoms with E-state index in [4.69, 9.17) is 9.26 Å². The molecule has 1 aliphatic heterocycles. The molecule has 0 aliphatic carbocycles. The Morgan fingerprint density at radius 2 is 1.85 bits per heavy atom. The van der Waals surface area contributed by atoms with Gasteiger partial charge in [0, 0.05) is 5.75 Å². The number of hydrogen-bond donors (Lipinski definition) is 0. The molecule has 7 nitrogen and oxygen atoms in total. The SMILES string of the molecule is CSC[C@@H](C(=O)OCc1c(C)noc1C)N1C(=O)c2ccccc2C1=O. The van der Waals surface area contributed by atoms with Crippen molar-refractivity contribution in [2.24, 2.45) is 0 Å². The van der Waals surface area contributed by atoms with Gasteiger partial charge in [-0.05, 0) is 32.2 Å². The van der Waals surface area contributed by atoms with Crippen molar-refractivity contribution in [2.75, 3.05) is 12.0 Å². The molecule has 0 radical (unpaired) electrons. The van der Waals surface area contributed by atoms with Crippen LogP contribution >= 0.6 is 11.8 Å². The largest absolute Gasteiger partial charge is 0.459 e. The molecule has 2 heterocycles. The zero-order valence-electron chi connectivity index (χ0n) is 14.6. The molecule has 0 N–H and O–H groups in total. The van der Waals surface area contributed by atoms with E-state index in [0.29, 0.717) is 28.1 Å². The first-order valence-corrected chi connectivity index (χ1v) is 9.39. The van der Waals surface area contributed by atoms with Crippen LogP contribution in [0.25, 0.3) is 0 Å². The third-order valence-corrected chi connectivity index (χ3v) is 4.92. The number of amides is 2. The number of benzene rings is 1. The van der Waals surface area contributed by atoms with E-state index < -0.39 is 23.8 Å². The Morgan fingerprint density at radius 1 is 1.23 bits per heavy atom. The van der Waals surface area contributed by atoms with Crippen molar-refractivity contribution >= 4 is 29.5 Å². The summed E-state index contributed by atoms with van der Waals surface area (Å²) in [5, 5.41) is 3.81. The zero-order chi connectivity index (χ0) is 18.8. The van der Waals surface area contributed by atoms with Gasteiger partial charge in [0.05, 0.1) is 22.4 Å². The smallest absolute Gasteiger partial charge is 0.330 e. The Bertz CT molecular complexity index is 822. The van der Waals surface area contributed by atoms with E-state index in [1.807, 2.05) is 0 Å². The molecule has 2 aromatic rings. The van der Waals surface area contributed by atoms with Crippen LogP contribution < -0.4 is 0 Å². The van der Waals surface area contributed by atoms with E-state index >= 15 is 0 Å². The number of rotatable bonds is 6. The quantitative estimate of drug-likeness (QED) is 0.566. The fraction of sp³-hybridized carbons (Fsp3) is 0.333. The average molecular weight is 374 g/mol. The summed E-state index contributed by atoms with van der Waals surface area (Å²) >= 11 is 1.36. The number of ether oxygens (including phenoxy) is 1. The van der Waals surface area contributed by atoms with Crippen LogP contribution in [0.5, 0.6) is 0 Å². The molecule has 3 rings (SSSR count). The van der Waals surface area contributed by atoms with Crippen LogP contribution in [-0.4, -0.2) is 45.9 Å². The molecular formula is C18H18N2O5S. The second-order valence-corrected chi connectivity index (χ2v) is 6.82. The molecule has 136 valence electrons. The van der Waals surface area contributed by atoms with Gasteiger partial charge in [0.1, 0.15) is 18.4 Å². The highest BCUT2D eigenvalue weighted by atomic mass is 32.2. The van der Waals surface area contributed by atoms with E-state index in [-0.39, 0.29) is 12.4 Å². The second-order valence-electron chi connectivity index (χ2n) is 5.91. The first-order valence-electron chi connectivity index (χ1n) is 8.00. The maximum atomic E-state index is 12.6. The van der Waals surface area contributed by atoms with Crippen LogP contribution in [0.1, 0.15) is 37.7 Å². The molecule has 0 saturated carbocycles. The van der Waals surface area contributed by atoms with Gasteiger partial charge >= 0.3 is 5.97 Å². The first-order chi connectivity index (χ1) is 12.5. The van der Waals surface area contributed by atoms with Crippen molar-refractivity contribution in [3.05, 3.63) is 52.4 Å². The summed E-state index contributed by atoms with van der Waals surface area (Å²) in [5.41, 5.74) is 1.94.